The fourth-order valence-electron chi connectivity index (χ4n) is 2.40. The topological polar surface area (TPSA) is 75.3 Å². The van der Waals surface area contributed by atoms with E-state index < -0.39 is 10.0 Å². The lowest BCUT2D eigenvalue weighted by molar-refractivity contribution is -0.118. The van der Waals surface area contributed by atoms with Crippen LogP contribution in [0.2, 0.25) is 0 Å². The molecule has 0 aliphatic carbocycles. The first-order valence-corrected chi connectivity index (χ1v) is 11.1. The minimum Gasteiger partial charge on any atom is -0.351 e. The number of nitrogens with one attached hydrogen (secondary N) is 2. The van der Waals surface area contributed by atoms with E-state index in [0.717, 1.165) is 10.5 Å². The van der Waals surface area contributed by atoms with Crippen LogP contribution in [0.25, 0.3) is 0 Å². The van der Waals surface area contributed by atoms with E-state index in [9.17, 15) is 17.6 Å². The van der Waals surface area contributed by atoms with Gasteiger partial charge in [-0.1, -0.05) is 24.3 Å². The second-order valence-electron chi connectivity index (χ2n) is 6.32. The maximum absolute atomic E-state index is 12.9. The van der Waals surface area contributed by atoms with Gasteiger partial charge in [0, 0.05) is 17.5 Å². The Morgan fingerprint density at radius 1 is 1.07 bits per heavy atom. The zero-order valence-electron chi connectivity index (χ0n) is 15.2. The molecule has 2 N–H and O–H groups in total. The predicted molar refractivity (Wildman–Crippen MR) is 106 cm³/mol. The Hall–Kier alpha value is -1.90. The van der Waals surface area contributed by atoms with Crippen LogP contribution in [0.1, 0.15) is 25.0 Å². The maximum atomic E-state index is 12.9. The van der Waals surface area contributed by atoms with E-state index in [2.05, 4.69) is 10.0 Å². The zero-order chi connectivity index (χ0) is 19.9. The Morgan fingerprint density at radius 2 is 1.70 bits per heavy atom. The Labute approximate surface area is 163 Å². The molecule has 0 aromatic heterocycles. The number of halogens is 1. The van der Waals surface area contributed by atoms with Crippen LogP contribution in [0.15, 0.2) is 53.4 Å². The fraction of sp³-hybridized carbons (Fsp3) is 0.316. The van der Waals surface area contributed by atoms with Crippen molar-refractivity contribution in [3.8, 4) is 0 Å². The summed E-state index contributed by atoms with van der Waals surface area (Å²) in [6, 6.07) is 12.9. The van der Waals surface area contributed by atoms with E-state index in [0.29, 0.717) is 5.56 Å². The van der Waals surface area contributed by atoms with Crippen molar-refractivity contribution in [2.45, 2.75) is 37.1 Å². The normalized spacial score (nSPS) is 11.6. The molecule has 0 saturated heterocycles. The van der Waals surface area contributed by atoms with Gasteiger partial charge in [-0.2, -0.15) is 0 Å². The monoisotopic (exact) mass is 410 g/mol. The quantitative estimate of drug-likeness (QED) is 0.623. The van der Waals surface area contributed by atoms with Gasteiger partial charge in [-0.25, -0.2) is 17.5 Å². The summed E-state index contributed by atoms with van der Waals surface area (Å²) in [6.45, 7) is 3.78. The largest absolute Gasteiger partial charge is 0.351 e. The molecular formula is C19H23FN2O3S2. The van der Waals surface area contributed by atoms with Gasteiger partial charge in [-0.3, -0.25) is 4.79 Å². The summed E-state index contributed by atoms with van der Waals surface area (Å²) in [5.41, 5.74) is 1.41. The Bertz CT molecular complexity index is 869. The molecule has 5 nitrogen and oxygen atoms in total. The molecule has 2 aromatic rings. The summed E-state index contributed by atoms with van der Waals surface area (Å²) in [4.78, 5) is 12.9. The van der Waals surface area contributed by atoms with Crippen LogP contribution in [0, 0.1) is 5.82 Å². The van der Waals surface area contributed by atoms with Gasteiger partial charge in [-0.05, 0) is 49.2 Å². The molecule has 1 amide bonds. The summed E-state index contributed by atoms with van der Waals surface area (Å²) in [6.07, 6.45) is 0. The molecule has 0 bridgehead atoms. The zero-order valence-corrected chi connectivity index (χ0v) is 16.9. The molecule has 0 unspecified atom stereocenters. The SMILES string of the molecule is CC(C)NS(=O)(=O)Cc1ccccc1CNC(=O)CSc1ccc(F)cc1. The Morgan fingerprint density at radius 3 is 2.33 bits per heavy atom. The minimum absolute atomic E-state index is 0.137. The van der Waals surface area contributed by atoms with E-state index in [-0.39, 0.29) is 35.8 Å². The van der Waals surface area contributed by atoms with E-state index in [1.54, 1.807) is 50.2 Å². The van der Waals surface area contributed by atoms with Crippen LogP contribution >= 0.6 is 11.8 Å². The number of carbonyl (C=O) groups excluding carboxylic acids is 1. The third-order valence-electron chi connectivity index (χ3n) is 3.54. The van der Waals surface area contributed by atoms with E-state index >= 15 is 0 Å². The van der Waals surface area contributed by atoms with E-state index in [4.69, 9.17) is 0 Å². The van der Waals surface area contributed by atoms with Crippen molar-refractivity contribution in [1.29, 1.82) is 0 Å². The lowest BCUT2D eigenvalue weighted by Gasteiger charge is -2.13. The molecule has 0 aliphatic heterocycles. The molecule has 146 valence electrons. The van der Waals surface area contributed by atoms with Crippen LogP contribution in [0.5, 0.6) is 0 Å². The summed E-state index contributed by atoms with van der Waals surface area (Å²) in [7, 11) is -3.44. The maximum Gasteiger partial charge on any atom is 0.230 e. The molecule has 0 heterocycles. The van der Waals surface area contributed by atoms with Crippen molar-refractivity contribution >= 4 is 27.7 Å². The molecule has 0 radical (unpaired) electrons. The minimum atomic E-state index is -3.44. The molecule has 0 atom stereocenters. The number of hydrogen-bond acceptors (Lipinski definition) is 4. The van der Waals surface area contributed by atoms with Crippen molar-refractivity contribution in [2.24, 2.45) is 0 Å². The number of carbonyl (C=O) groups is 1. The molecule has 0 spiro atoms. The van der Waals surface area contributed by atoms with Gasteiger partial charge < -0.3 is 5.32 Å². The third-order valence-corrected chi connectivity index (χ3v) is 6.07. The number of sulfonamides is 1. The molecule has 27 heavy (non-hydrogen) atoms. The molecule has 8 heteroatoms. The lowest BCUT2D eigenvalue weighted by Crippen LogP contribution is -2.32. The summed E-state index contributed by atoms with van der Waals surface area (Å²) in [5, 5.41) is 2.80. The average Bonchev–Trinajstić information content (AvgIpc) is 2.59. The lowest BCUT2D eigenvalue weighted by atomic mass is 10.1. The van der Waals surface area contributed by atoms with Crippen LogP contribution in [-0.2, 0) is 27.1 Å². The van der Waals surface area contributed by atoms with Crippen molar-refractivity contribution in [3.05, 3.63) is 65.5 Å². The molecular weight excluding hydrogens is 387 g/mol. The van der Waals surface area contributed by atoms with Crippen LogP contribution < -0.4 is 10.0 Å². The highest BCUT2D eigenvalue weighted by molar-refractivity contribution is 8.00. The van der Waals surface area contributed by atoms with E-state index in [1.165, 1.54) is 23.9 Å². The highest BCUT2D eigenvalue weighted by atomic mass is 32.2. The first kappa shape index (κ1) is 21.4. The number of amides is 1. The molecule has 2 rings (SSSR count). The molecule has 2 aromatic carbocycles. The number of hydrogen-bond donors (Lipinski definition) is 2. The second kappa shape index (κ2) is 9.87. The highest BCUT2D eigenvalue weighted by Crippen LogP contribution is 2.18. The molecule has 0 saturated carbocycles. The van der Waals surface area contributed by atoms with Crippen LogP contribution in [-0.4, -0.2) is 26.1 Å². The molecule has 0 aliphatic rings. The van der Waals surface area contributed by atoms with Crippen LogP contribution in [0.3, 0.4) is 0 Å². The number of thioether (sulfide) groups is 1. The fourth-order valence-corrected chi connectivity index (χ4v) is 4.62. The summed E-state index contributed by atoms with van der Waals surface area (Å²) < 4.78 is 39.8. The van der Waals surface area contributed by atoms with Crippen LogP contribution in [0.4, 0.5) is 4.39 Å². The first-order chi connectivity index (χ1) is 12.7. The van der Waals surface area contributed by atoms with Gasteiger partial charge >= 0.3 is 0 Å². The summed E-state index contributed by atoms with van der Waals surface area (Å²) in [5.74, 6) is -0.438. The highest BCUT2D eigenvalue weighted by Gasteiger charge is 2.15. The van der Waals surface area contributed by atoms with Crippen molar-refractivity contribution in [3.63, 3.8) is 0 Å². The van der Waals surface area contributed by atoms with Gasteiger partial charge in [0.1, 0.15) is 5.82 Å². The van der Waals surface area contributed by atoms with Crippen molar-refractivity contribution in [2.75, 3.05) is 5.75 Å². The Balaban J connectivity index is 1.91. The predicted octanol–water partition coefficient (Wildman–Crippen LogP) is 3.06. The van der Waals surface area contributed by atoms with Gasteiger partial charge in [-0.15, -0.1) is 11.8 Å². The number of rotatable bonds is 9. The standard InChI is InChI=1S/C19H23FN2O3S2/c1-14(2)22-27(24,25)13-16-6-4-3-5-15(16)11-21-19(23)12-26-18-9-7-17(20)8-10-18/h3-10,14,22H,11-13H2,1-2H3,(H,21,23). The van der Waals surface area contributed by atoms with Crippen molar-refractivity contribution < 1.29 is 17.6 Å². The first-order valence-electron chi connectivity index (χ1n) is 8.47. The van der Waals surface area contributed by atoms with Gasteiger partial charge in [0.05, 0.1) is 11.5 Å². The third kappa shape index (κ3) is 7.70. The van der Waals surface area contributed by atoms with Gasteiger partial charge in [0.2, 0.25) is 15.9 Å². The Kier molecular flexibility index (Phi) is 7.82. The van der Waals surface area contributed by atoms with Crippen molar-refractivity contribution in [1.82, 2.24) is 10.0 Å². The van der Waals surface area contributed by atoms with Gasteiger partial charge in [0.25, 0.3) is 0 Å². The smallest absolute Gasteiger partial charge is 0.230 e. The second-order valence-corrected chi connectivity index (χ2v) is 9.12. The van der Waals surface area contributed by atoms with Gasteiger partial charge in [0.15, 0.2) is 0 Å². The molecule has 0 fully saturated rings. The summed E-state index contributed by atoms with van der Waals surface area (Å²) >= 11 is 1.31. The average molecular weight is 411 g/mol. The number of benzene rings is 2. The van der Waals surface area contributed by atoms with E-state index in [1.807, 2.05) is 0 Å².